The van der Waals surface area contributed by atoms with Crippen LogP contribution < -0.4 is 11.1 Å². The van der Waals surface area contributed by atoms with E-state index in [2.05, 4.69) is 33.0 Å². The van der Waals surface area contributed by atoms with Gasteiger partial charge in [0.15, 0.2) is 0 Å². The minimum Gasteiger partial charge on any atom is -0.389 e. The molecule has 0 rings (SSSR count). The molecule has 0 heterocycles. The lowest BCUT2D eigenvalue weighted by Crippen LogP contribution is -2.43. The third-order valence-electron chi connectivity index (χ3n) is 4.07. The Balaban J connectivity index is 4.11. The third-order valence-corrected chi connectivity index (χ3v) is 4.07. The smallest absolute Gasteiger partial charge is 0.0771 e. The molecule has 3 nitrogen and oxygen atoms in total. The van der Waals surface area contributed by atoms with E-state index >= 15 is 0 Å². The molecule has 0 aliphatic rings. The van der Waals surface area contributed by atoms with Gasteiger partial charge in [0, 0.05) is 6.54 Å². The number of unbranched alkanes of at least 4 members (excludes halogenated alkanes) is 2. The van der Waals surface area contributed by atoms with Gasteiger partial charge in [0.05, 0.1) is 5.60 Å². The Bertz CT molecular complexity index is 209. The average Bonchev–Trinajstić information content (AvgIpc) is 2.35. The summed E-state index contributed by atoms with van der Waals surface area (Å²) >= 11 is 0. The van der Waals surface area contributed by atoms with E-state index in [4.69, 9.17) is 5.73 Å². The Hall–Kier alpha value is -0.120. The van der Waals surface area contributed by atoms with Gasteiger partial charge in [0.25, 0.3) is 0 Å². The van der Waals surface area contributed by atoms with Crippen molar-refractivity contribution in [3.63, 3.8) is 0 Å². The highest BCUT2D eigenvalue weighted by Gasteiger charge is 2.25. The van der Waals surface area contributed by atoms with Crippen LogP contribution in [0.3, 0.4) is 0 Å². The van der Waals surface area contributed by atoms with Gasteiger partial charge in [-0.25, -0.2) is 0 Å². The molecule has 19 heavy (non-hydrogen) atoms. The highest BCUT2D eigenvalue weighted by Crippen LogP contribution is 2.20. The molecule has 0 aromatic rings. The lowest BCUT2D eigenvalue weighted by atomic mass is 9.90. The van der Waals surface area contributed by atoms with Gasteiger partial charge in [0.1, 0.15) is 0 Å². The van der Waals surface area contributed by atoms with Gasteiger partial charge < -0.3 is 16.2 Å². The Labute approximate surface area is 120 Å². The van der Waals surface area contributed by atoms with Gasteiger partial charge in [-0.1, -0.05) is 53.4 Å². The van der Waals surface area contributed by atoms with Crippen LogP contribution in [0.1, 0.15) is 66.2 Å². The molecule has 0 saturated carbocycles. The summed E-state index contributed by atoms with van der Waals surface area (Å²) in [5.74, 6) is 1.10. The summed E-state index contributed by atoms with van der Waals surface area (Å²) in [5, 5.41) is 14.1. The first-order valence-electron chi connectivity index (χ1n) is 8.12. The second-order valence-corrected chi connectivity index (χ2v) is 6.30. The number of hydrogen-bond donors (Lipinski definition) is 3. The molecule has 0 aliphatic carbocycles. The van der Waals surface area contributed by atoms with E-state index in [0.717, 1.165) is 32.2 Å². The van der Waals surface area contributed by atoms with Crippen molar-refractivity contribution in [1.82, 2.24) is 5.32 Å². The summed E-state index contributed by atoms with van der Waals surface area (Å²) < 4.78 is 0. The number of nitrogens with one attached hydrogen (secondary N) is 1. The van der Waals surface area contributed by atoms with E-state index in [1.54, 1.807) is 0 Å². The maximum atomic E-state index is 10.7. The minimum atomic E-state index is -0.528. The minimum absolute atomic E-state index is 0.501. The van der Waals surface area contributed by atoms with Crippen molar-refractivity contribution < 1.29 is 5.11 Å². The van der Waals surface area contributed by atoms with Crippen molar-refractivity contribution in [1.29, 1.82) is 0 Å². The summed E-state index contributed by atoms with van der Waals surface area (Å²) in [6.07, 6.45) is 6.38. The van der Waals surface area contributed by atoms with Crippen molar-refractivity contribution >= 4 is 0 Å². The standard InChI is InChI=1S/C16H36N2O/c1-5-7-8-10-16(19,9-6-2)13-18-12-15(11-17)14(3)4/h14-15,18-19H,5-13,17H2,1-4H3. The first-order valence-corrected chi connectivity index (χ1v) is 8.12. The summed E-state index contributed by atoms with van der Waals surface area (Å²) in [7, 11) is 0. The largest absolute Gasteiger partial charge is 0.389 e. The highest BCUT2D eigenvalue weighted by molar-refractivity contribution is 4.81. The van der Waals surface area contributed by atoms with Crippen molar-refractivity contribution in [2.75, 3.05) is 19.6 Å². The van der Waals surface area contributed by atoms with Crippen LogP contribution in [0.25, 0.3) is 0 Å². The summed E-state index contributed by atoms with van der Waals surface area (Å²) in [6, 6.07) is 0. The van der Waals surface area contributed by atoms with Crippen LogP contribution in [0.15, 0.2) is 0 Å². The molecule has 116 valence electrons. The topological polar surface area (TPSA) is 58.3 Å². The molecular formula is C16H36N2O. The lowest BCUT2D eigenvalue weighted by Gasteiger charge is -2.30. The van der Waals surface area contributed by atoms with Crippen LogP contribution >= 0.6 is 0 Å². The predicted molar refractivity (Wildman–Crippen MR) is 84.3 cm³/mol. The molecule has 2 unspecified atom stereocenters. The number of rotatable bonds is 12. The molecule has 0 aromatic heterocycles. The maximum absolute atomic E-state index is 10.7. The van der Waals surface area contributed by atoms with Gasteiger partial charge in [-0.3, -0.25) is 0 Å². The fourth-order valence-corrected chi connectivity index (χ4v) is 2.55. The van der Waals surface area contributed by atoms with E-state index in [1.807, 2.05) is 0 Å². The average molecular weight is 272 g/mol. The molecule has 0 amide bonds. The van der Waals surface area contributed by atoms with Gasteiger partial charge in [0.2, 0.25) is 0 Å². The van der Waals surface area contributed by atoms with Crippen molar-refractivity contribution in [2.45, 2.75) is 71.8 Å². The fourth-order valence-electron chi connectivity index (χ4n) is 2.55. The Morgan fingerprint density at radius 3 is 2.26 bits per heavy atom. The molecular weight excluding hydrogens is 236 g/mol. The van der Waals surface area contributed by atoms with E-state index < -0.39 is 5.60 Å². The van der Waals surface area contributed by atoms with E-state index in [9.17, 15) is 5.11 Å². The van der Waals surface area contributed by atoms with Crippen LogP contribution in [0.4, 0.5) is 0 Å². The van der Waals surface area contributed by atoms with Crippen LogP contribution in [0.5, 0.6) is 0 Å². The molecule has 0 saturated heterocycles. The molecule has 2 atom stereocenters. The van der Waals surface area contributed by atoms with Crippen molar-refractivity contribution in [3.05, 3.63) is 0 Å². The summed E-state index contributed by atoms with van der Waals surface area (Å²) in [4.78, 5) is 0. The van der Waals surface area contributed by atoms with Gasteiger partial charge in [-0.15, -0.1) is 0 Å². The fraction of sp³-hybridized carbons (Fsp3) is 1.00. The lowest BCUT2D eigenvalue weighted by molar-refractivity contribution is 0.0190. The van der Waals surface area contributed by atoms with Crippen LogP contribution in [-0.4, -0.2) is 30.3 Å². The van der Waals surface area contributed by atoms with Crippen molar-refractivity contribution in [2.24, 2.45) is 17.6 Å². The van der Waals surface area contributed by atoms with Gasteiger partial charge in [-0.2, -0.15) is 0 Å². The second kappa shape index (κ2) is 10.6. The SMILES string of the molecule is CCCCCC(O)(CCC)CNCC(CN)C(C)C. The summed E-state index contributed by atoms with van der Waals surface area (Å²) in [5.41, 5.74) is 5.25. The van der Waals surface area contributed by atoms with Crippen LogP contribution in [-0.2, 0) is 0 Å². The molecule has 0 aromatic carbocycles. The second-order valence-electron chi connectivity index (χ2n) is 6.30. The van der Waals surface area contributed by atoms with Gasteiger partial charge in [-0.05, 0) is 37.8 Å². The van der Waals surface area contributed by atoms with Crippen molar-refractivity contribution in [3.8, 4) is 0 Å². The molecule has 0 aliphatic heterocycles. The highest BCUT2D eigenvalue weighted by atomic mass is 16.3. The normalized spacial score (nSPS) is 16.6. The molecule has 3 heteroatoms. The number of hydrogen-bond acceptors (Lipinski definition) is 3. The van der Waals surface area contributed by atoms with E-state index in [-0.39, 0.29) is 0 Å². The van der Waals surface area contributed by atoms with Gasteiger partial charge >= 0.3 is 0 Å². The predicted octanol–water partition coefficient (Wildman–Crippen LogP) is 2.92. The van der Waals surface area contributed by atoms with E-state index in [1.165, 1.54) is 12.8 Å². The Morgan fingerprint density at radius 1 is 1.11 bits per heavy atom. The first-order chi connectivity index (χ1) is 8.99. The molecule has 0 bridgehead atoms. The zero-order chi connectivity index (χ0) is 14.7. The maximum Gasteiger partial charge on any atom is 0.0771 e. The number of aliphatic hydroxyl groups is 1. The van der Waals surface area contributed by atoms with Crippen LogP contribution in [0.2, 0.25) is 0 Å². The molecule has 4 N–H and O–H groups in total. The Morgan fingerprint density at radius 2 is 1.79 bits per heavy atom. The molecule has 0 spiro atoms. The molecule has 0 fully saturated rings. The first kappa shape index (κ1) is 18.9. The summed E-state index contributed by atoms with van der Waals surface area (Å²) in [6.45, 7) is 11.1. The van der Waals surface area contributed by atoms with E-state index in [0.29, 0.717) is 24.9 Å². The van der Waals surface area contributed by atoms with Crippen LogP contribution in [0, 0.1) is 11.8 Å². The Kier molecular flexibility index (Phi) is 10.6. The zero-order valence-electron chi connectivity index (χ0n) is 13.5. The number of nitrogens with two attached hydrogens (primary N) is 1. The third kappa shape index (κ3) is 8.61. The zero-order valence-corrected chi connectivity index (χ0v) is 13.5. The molecule has 0 radical (unpaired) electrons. The monoisotopic (exact) mass is 272 g/mol. The quantitative estimate of drug-likeness (QED) is 0.479.